The number of nitrogens with one attached hydrogen (secondary N) is 1. The zero-order valence-corrected chi connectivity index (χ0v) is 14.5. The molecular weight excluding hydrogens is 361 g/mol. The lowest BCUT2D eigenvalue weighted by molar-refractivity contribution is -0.137. The van der Waals surface area contributed by atoms with Crippen molar-refractivity contribution in [1.82, 2.24) is 14.9 Å². The zero-order chi connectivity index (χ0) is 19.6. The highest BCUT2D eigenvalue weighted by molar-refractivity contribution is 5.99. The molecule has 1 saturated carbocycles. The standard InChI is InChI=1S/C18H17F3N4O2/c1-25(10-15(26)24-17-22-7-2-8-23-17)16(27)13-6-5-12(18(19,20)21)9-14(13)11-3-4-11/h2,5-9,11H,3-4,10H2,1H3,(H,22,23,24,26). The molecule has 1 N–H and O–H groups in total. The van der Waals surface area contributed by atoms with Crippen LogP contribution in [-0.2, 0) is 11.0 Å². The first-order chi connectivity index (χ1) is 12.8. The summed E-state index contributed by atoms with van der Waals surface area (Å²) in [7, 11) is 1.42. The largest absolute Gasteiger partial charge is 0.416 e. The number of amides is 2. The Bertz CT molecular complexity index is 851. The van der Waals surface area contributed by atoms with Gasteiger partial charge in [0.05, 0.1) is 12.1 Å². The summed E-state index contributed by atoms with van der Waals surface area (Å²) in [5, 5.41) is 2.45. The predicted octanol–water partition coefficient (Wildman–Crippen LogP) is 3.08. The number of benzene rings is 1. The first-order valence-electron chi connectivity index (χ1n) is 8.29. The number of rotatable bonds is 5. The summed E-state index contributed by atoms with van der Waals surface area (Å²) >= 11 is 0. The molecule has 1 aliphatic rings. The van der Waals surface area contributed by atoms with Crippen LogP contribution in [0, 0.1) is 0 Å². The molecule has 0 saturated heterocycles. The second-order valence-corrected chi connectivity index (χ2v) is 6.36. The van der Waals surface area contributed by atoms with Gasteiger partial charge in [0.15, 0.2) is 0 Å². The Morgan fingerprint density at radius 2 is 1.89 bits per heavy atom. The molecule has 6 nitrogen and oxygen atoms in total. The fourth-order valence-corrected chi connectivity index (χ4v) is 2.69. The van der Waals surface area contributed by atoms with Crippen molar-refractivity contribution in [3.05, 3.63) is 53.3 Å². The Kier molecular flexibility index (Phi) is 5.11. The van der Waals surface area contributed by atoms with E-state index in [1.54, 1.807) is 6.07 Å². The van der Waals surface area contributed by atoms with Crippen LogP contribution in [0.5, 0.6) is 0 Å². The van der Waals surface area contributed by atoms with E-state index >= 15 is 0 Å². The van der Waals surface area contributed by atoms with Crippen molar-refractivity contribution in [3.8, 4) is 0 Å². The summed E-state index contributed by atoms with van der Waals surface area (Å²) in [4.78, 5) is 33.6. The third-order valence-corrected chi connectivity index (χ3v) is 4.17. The van der Waals surface area contributed by atoms with Gasteiger partial charge < -0.3 is 4.90 Å². The molecule has 0 atom stereocenters. The number of nitrogens with zero attached hydrogens (tertiary/aromatic N) is 3. The lowest BCUT2D eigenvalue weighted by atomic mass is 9.99. The highest BCUT2D eigenvalue weighted by atomic mass is 19.4. The van der Waals surface area contributed by atoms with Gasteiger partial charge in [0.2, 0.25) is 11.9 Å². The molecule has 142 valence electrons. The van der Waals surface area contributed by atoms with Gasteiger partial charge in [-0.3, -0.25) is 14.9 Å². The number of likely N-dealkylation sites (N-methyl/N-ethyl adjacent to an activating group) is 1. The molecule has 27 heavy (non-hydrogen) atoms. The van der Waals surface area contributed by atoms with Crippen molar-refractivity contribution in [2.75, 3.05) is 18.9 Å². The smallest absolute Gasteiger partial charge is 0.332 e. The summed E-state index contributed by atoms with van der Waals surface area (Å²) in [6.45, 7) is -0.276. The summed E-state index contributed by atoms with van der Waals surface area (Å²) in [6, 6.07) is 4.71. The predicted molar refractivity (Wildman–Crippen MR) is 91.0 cm³/mol. The molecule has 1 fully saturated rings. The second-order valence-electron chi connectivity index (χ2n) is 6.36. The molecule has 0 radical (unpaired) electrons. The third-order valence-electron chi connectivity index (χ3n) is 4.17. The molecule has 1 aromatic heterocycles. The first kappa shape index (κ1) is 18.8. The Hall–Kier alpha value is -2.97. The van der Waals surface area contributed by atoms with E-state index in [-0.39, 0.29) is 24.0 Å². The van der Waals surface area contributed by atoms with E-state index in [1.807, 2.05) is 0 Å². The molecule has 2 amide bonds. The van der Waals surface area contributed by atoms with Crippen LogP contribution in [0.1, 0.15) is 40.2 Å². The van der Waals surface area contributed by atoms with Gasteiger partial charge in [0.25, 0.3) is 5.91 Å². The minimum Gasteiger partial charge on any atom is -0.332 e. The van der Waals surface area contributed by atoms with Crippen LogP contribution in [0.4, 0.5) is 19.1 Å². The maximum Gasteiger partial charge on any atom is 0.416 e. The minimum atomic E-state index is -4.47. The van der Waals surface area contributed by atoms with Crippen molar-refractivity contribution >= 4 is 17.8 Å². The molecule has 0 aliphatic heterocycles. The van der Waals surface area contributed by atoms with E-state index in [1.165, 1.54) is 25.5 Å². The Balaban J connectivity index is 1.73. The molecule has 9 heteroatoms. The van der Waals surface area contributed by atoms with Gasteiger partial charge in [-0.2, -0.15) is 13.2 Å². The number of hydrogen-bond donors (Lipinski definition) is 1. The van der Waals surface area contributed by atoms with E-state index in [0.717, 1.165) is 29.9 Å². The number of anilines is 1. The maximum atomic E-state index is 13.0. The zero-order valence-electron chi connectivity index (χ0n) is 14.5. The number of alkyl halides is 3. The van der Waals surface area contributed by atoms with Gasteiger partial charge in [-0.1, -0.05) is 0 Å². The van der Waals surface area contributed by atoms with E-state index < -0.39 is 23.6 Å². The molecule has 2 aromatic rings. The van der Waals surface area contributed by atoms with E-state index in [9.17, 15) is 22.8 Å². The van der Waals surface area contributed by atoms with Crippen molar-refractivity contribution in [3.63, 3.8) is 0 Å². The average molecular weight is 378 g/mol. The number of aromatic nitrogens is 2. The quantitative estimate of drug-likeness (QED) is 0.868. The van der Waals surface area contributed by atoms with Gasteiger partial charge in [-0.25, -0.2) is 9.97 Å². The fourth-order valence-electron chi connectivity index (χ4n) is 2.69. The second kappa shape index (κ2) is 7.34. The lowest BCUT2D eigenvalue weighted by Crippen LogP contribution is -2.35. The van der Waals surface area contributed by atoms with Crippen molar-refractivity contribution < 1.29 is 22.8 Å². The highest BCUT2D eigenvalue weighted by Crippen LogP contribution is 2.43. The molecule has 1 heterocycles. The Morgan fingerprint density at radius 1 is 1.22 bits per heavy atom. The number of hydrogen-bond acceptors (Lipinski definition) is 4. The molecule has 0 unspecified atom stereocenters. The maximum absolute atomic E-state index is 13.0. The van der Waals surface area contributed by atoms with Crippen LogP contribution in [0.2, 0.25) is 0 Å². The fraction of sp³-hybridized carbons (Fsp3) is 0.333. The van der Waals surface area contributed by atoms with Crippen molar-refractivity contribution in [1.29, 1.82) is 0 Å². The minimum absolute atomic E-state index is 0.0498. The van der Waals surface area contributed by atoms with E-state index in [2.05, 4.69) is 15.3 Å². The van der Waals surface area contributed by atoms with E-state index in [0.29, 0.717) is 5.56 Å². The van der Waals surface area contributed by atoms with Gasteiger partial charge >= 0.3 is 6.18 Å². The monoisotopic (exact) mass is 378 g/mol. The van der Waals surface area contributed by atoms with Gasteiger partial charge in [-0.05, 0) is 48.6 Å². The number of carbonyl (C=O) groups excluding carboxylic acids is 2. The molecule has 0 spiro atoms. The van der Waals surface area contributed by atoms with Crippen LogP contribution >= 0.6 is 0 Å². The normalized spacial score (nSPS) is 13.9. The highest BCUT2D eigenvalue weighted by Gasteiger charge is 2.35. The van der Waals surface area contributed by atoms with Crippen LogP contribution in [0.15, 0.2) is 36.7 Å². The molecule has 1 aliphatic carbocycles. The van der Waals surface area contributed by atoms with E-state index in [4.69, 9.17) is 0 Å². The summed E-state index contributed by atoms with van der Waals surface area (Å²) in [5.41, 5.74) is -0.201. The van der Waals surface area contributed by atoms with Crippen LogP contribution in [0.3, 0.4) is 0 Å². The van der Waals surface area contributed by atoms with Crippen LogP contribution < -0.4 is 5.32 Å². The number of carbonyl (C=O) groups is 2. The van der Waals surface area contributed by atoms with Crippen LogP contribution in [0.25, 0.3) is 0 Å². The average Bonchev–Trinajstić information content (AvgIpc) is 3.45. The topological polar surface area (TPSA) is 75.2 Å². The van der Waals surface area contributed by atoms with Gasteiger partial charge in [0.1, 0.15) is 0 Å². The lowest BCUT2D eigenvalue weighted by Gasteiger charge is -2.19. The molecule has 3 rings (SSSR count). The SMILES string of the molecule is CN(CC(=O)Nc1ncccn1)C(=O)c1ccc(C(F)(F)F)cc1C1CC1. The first-order valence-corrected chi connectivity index (χ1v) is 8.29. The molecule has 0 bridgehead atoms. The Morgan fingerprint density at radius 3 is 2.48 bits per heavy atom. The van der Waals surface area contributed by atoms with Crippen LogP contribution in [-0.4, -0.2) is 40.3 Å². The van der Waals surface area contributed by atoms with Crippen molar-refractivity contribution in [2.45, 2.75) is 24.9 Å². The summed E-state index contributed by atoms with van der Waals surface area (Å²) in [5.74, 6) is -0.950. The summed E-state index contributed by atoms with van der Waals surface area (Å²) < 4.78 is 38.9. The Labute approximate surface area is 153 Å². The third kappa shape index (κ3) is 4.60. The van der Waals surface area contributed by atoms with Crippen molar-refractivity contribution in [2.24, 2.45) is 0 Å². The molecular formula is C18H17F3N4O2. The summed E-state index contributed by atoms with van der Waals surface area (Å²) in [6.07, 6.45) is -0.0514. The van der Waals surface area contributed by atoms with Gasteiger partial charge in [-0.15, -0.1) is 0 Å². The molecule has 1 aromatic carbocycles. The number of halogens is 3. The van der Waals surface area contributed by atoms with Gasteiger partial charge in [0, 0.05) is 25.0 Å².